The van der Waals surface area contributed by atoms with Crippen molar-refractivity contribution < 1.29 is 17.2 Å². The molecule has 0 unspecified atom stereocenters. The fourth-order valence-corrected chi connectivity index (χ4v) is 7.80. The molecule has 0 aliphatic carbocycles. The van der Waals surface area contributed by atoms with Crippen molar-refractivity contribution >= 4 is 40.9 Å². The second-order valence-electron chi connectivity index (χ2n) is 13.9. The molecular weight excluding hydrogens is 565 g/mol. The van der Waals surface area contributed by atoms with Crippen molar-refractivity contribution in [3.8, 4) is 33.5 Å². The van der Waals surface area contributed by atoms with Crippen molar-refractivity contribution in [2.75, 3.05) is 0 Å². The van der Waals surface area contributed by atoms with Crippen LogP contribution in [-0.4, -0.2) is 8.07 Å². The third kappa shape index (κ3) is 5.62. The van der Waals surface area contributed by atoms with Crippen molar-refractivity contribution in [2.24, 2.45) is 12.5 Å². The van der Waals surface area contributed by atoms with Crippen LogP contribution in [0, 0.1) is 25.8 Å². The Balaban J connectivity index is 1.71. The lowest BCUT2D eigenvalue weighted by atomic mass is 9.86. The van der Waals surface area contributed by atoms with Crippen LogP contribution in [0.2, 0.25) is 19.6 Å². The van der Waals surface area contributed by atoms with Gasteiger partial charge < -0.3 is 4.42 Å². The lowest BCUT2D eigenvalue weighted by Crippen LogP contribution is -2.46. The van der Waals surface area contributed by atoms with Crippen LogP contribution in [0.1, 0.15) is 45.7 Å². The smallest absolute Gasteiger partial charge is 0.216 e. The standard InChI is InChI=1S/C41H43N2OSi/c1-26-16-18-31-32-20-21-34(42-6)38(29-14-12-11-13-15-29)40(32)44-39(31)37(26)35-23-33(36(25-43(35)7)45(8,9)10)30-19-17-28(22-27(30)2)24-41(3,4)5/h11-23,25H,24H2,1-5,7-10H3/q+1/i2D3,19D,24D2. The Morgan fingerprint density at radius 1 is 0.911 bits per heavy atom. The minimum atomic E-state index is -2.60. The zero-order valence-corrected chi connectivity index (χ0v) is 28.3. The minimum absolute atomic E-state index is 0.0242. The fourth-order valence-electron chi connectivity index (χ4n) is 6.21. The Kier molecular flexibility index (Phi) is 5.92. The molecule has 6 aromatic rings. The van der Waals surface area contributed by atoms with Crippen LogP contribution in [0.5, 0.6) is 0 Å². The summed E-state index contributed by atoms with van der Waals surface area (Å²) in [4.78, 5) is 3.83. The van der Waals surface area contributed by atoms with Crippen molar-refractivity contribution in [1.29, 1.82) is 0 Å². The maximum atomic E-state index is 9.32. The maximum Gasteiger partial charge on any atom is 0.216 e. The molecule has 0 saturated carbocycles. The van der Waals surface area contributed by atoms with Crippen molar-refractivity contribution in [3.63, 3.8) is 0 Å². The molecule has 0 saturated heterocycles. The summed E-state index contributed by atoms with van der Waals surface area (Å²) >= 11 is 0. The van der Waals surface area contributed by atoms with E-state index in [1.165, 1.54) is 12.1 Å². The number of aromatic nitrogens is 1. The van der Waals surface area contributed by atoms with Crippen LogP contribution in [0.15, 0.2) is 89.5 Å². The highest BCUT2D eigenvalue weighted by molar-refractivity contribution is 6.89. The van der Waals surface area contributed by atoms with E-state index in [2.05, 4.69) is 41.3 Å². The van der Waals surface area contributed by atoms with Gasteiger partial charge in [-0.3, -0.25) is 0 Å². The normalized spacial score (nSPS) is 14.7. The first-order valence-corrected chi connectivity index (χ1v) is 18.8. The molecule has 6 rings (SSSR count). The summed E-state index contributed by atoms with van der Waals surface area (Å²) in [6.45, 7) is 19.3. The van der Waals surface area contributed by atoms with Gasteiger partial charge in [-0.25, -0.2) is 9.41 Å². The van der Waals surface area contributed by atoms with E-state index in [9.17, 15) is 1.37 Å². The number of furan rings is 1. The number of fused-ring (bicyclic) bond motifs is 3. The zero-order chi connectivity index (χ0) is 37.4. The lowest BCUT2D eigenvalue weighted by molar-refractivity contribution is -0.659. The highest BCUT2D eigenvalue weighted by Crippen LogP contribution is 2.44. The Labute approximate surface area is 277 Å². The van der Waals surface area contributed by atoms with Crippen LogP contribution >= 0.6 is 0 Å². The fraction of sp³-hybridized carbons (Fsp3) is 0.268. The molecule has 4 heteroatoms. The minimum Gasteiger partial charge on any atom is -0.456 e. The quantitative estimate of drug-likeness (QED) is 0.108. The molecule has 45 heavy (non-hydrogen) atoms. The first kappa shape index (κ1) is 23.9. The number of hydrogen-bond donors (Lipinski definition) is 0. The van der Waals surface area contributed by atoms with Crippen LogP contribution in [-0.2, 0) is 13.4 Å². The maximum absolute atomic E-state index is 9.32. The van der Waals surface area contributed by atoms with Crippen molar-refractivity contribution in [3.05, 3.63) is 113 Å². The van der Waals surface area contributed by atoms with E-state index in [0.717, 1.165) is 43.9 Å². The summed E-state index contributed by atoms with van der Waals surface area (Å²) in [5.74, 6) is 0. The molecule has 0 aliphatic heterocycles. The van der Waals surface area contributed by atoms with Gasteiger partial charge in [-0.05, 0) is 58.9 Å². The predicted molar refractivity (Wildman–Crippen MR) is 193 cm³/mol. The molecule has 2 aromatic heterocycles. The first-order chi connectivity index (χ1) is 23.7. The lowest BCUT2D eigenvalue weighted by Gasteiger charge is -2.23. The summed E-state index contributed by atoms with van der Waals surface area (Å²) in [5, 5.41) is 2.77. The topological polar surface area (TPSA) is 21.4 Å². The monoisotopic (exact) mass is 613 g/mol. The molecule has 0 bridgehead atoms. The number of pyridine rings is 1. The van der Waals surface area contributed by atoms with E-state index in [4.69, 9.17) is 17.8 Å². The molecule has 226 valence electrons. The largest absolute Gasteiger partial charge is 0.456 e. The molecule has 0 atom stereocenters. The Morgan fingerprint density at radius 3 is 2.24 bits per heavy atom. The SMILES string of the molecule is [2H]c1cc(C([2H])([2H])C(C)(C)C)cc(C([2H])([2H])[2H])c1-c1cc(-c2c(C)ccc3c2oc2c(-c4ccccc4)c([N+]#[C-])ccc23)[n+](C)cc1[Si](C)(C)C. The average Bonchev–Trinajstić information content (AvgIpc) is 3.41. The third-order valence-corrected chi connectivity index (χ3v) is 10.3. The Hall–Kier alpha value is -4.46. The first-order valence-electron chi connectivity index (χ1n) is 18.3. The average molecular weight is 614 g/mol. The zero-order valence-electron chi connectivity index (χ0n) is 33.3. The van der Waals surface area contributed by atoms with Crippen molar-refractivity contribution in [1.82, 2.24) is 0 Å². The number of rotatable bonds is 5. The molecule has 2 heterocycles. The molecule has 0 amide bonds. The summed E-state index contributed by atoms with van der Waals surface area (Å²) in [5.41, 5.74) is 6.24. The second kappa shape index (κ2) is 11.2. The van der Waals surface area contributed by atoms with Gasteiger partial charge in [0.05, 0.1) is 21.6 Å². The van der Waals surface area contributed by atoms with E-state index < -0.39 is 26.7 Å². The molecule has 0 radical (unpaired) electrons. The van der Waals surface area contributed by atoms with Crippen LogP contribution in [0.3, 0.4) is 0 Å². The van der Waals surface area contributed by atoms with Gasteiger partial charge in [0.25, 0.3) is 0 Å². The number of hydrogen-bond acceptors (Lipinski definition) is 1. The molecule has 3 nitrogen and oxygen atoms in total. The highest BCUT2D eigenvalue weighted by atomic mass is 28.3. The van der Waals surface area contributed by atoms with Gasteiger partial charge in [-0.2, -0.15) is 0 Å². The Morgan fingerprint density at radius 2 is 1.60 bits per heavy atom. The summed E-state index contributed by atoms with van der Waals surface area (Å²) < 4.78 is 61.9. The van der Waals surface area contributed by atoms with E-state index in [0.29, 0.717) is 28.0 Å². The molecular formula is C41H43N2OSi+. The number of benzene rings is 4. The van der Waals surface area contributed by atoms with Crippen LogP contribution in [0.25, 0.3) is 60.3 Å². The van der Waals surface area contributed by atoms with Crippen LogP contribution in [0.4, 0.5) is 5.69 Å². The van der Waals surface area contributed by atoms with E-state index in [1.54, 1.807) is 20.8 Å². The highest BCUT2D eigenvalue weighted by Gasteiger charge is 2.30. The van der Waals surface area contributed by atoms with Gasteiger partial charge in [0.2, 0.25) is 5.69 Å². The second-order valence-corrected chi connectivity index (χ2v) is 19.0. The molecule has 0 fully saturated rings. The molecule has 0 aliphatic rings. The summed E-state index contributed by atoms with van der Waals surface area (Å²) in [7, 11) is -0.188. The van der Waals surface area contributed by atoms with Gasteiger partial charge in [0.1, 0.15) is 18.2 Å². The predicted octanol–water partition coefficient (Wildman–Crippen LogP) is 10.7. The van der Waals surface area contributed by atoms with Gasteiger partial charge in [-0.15, -0.1) is 0 Å². The summed E-state index contributed by atoms with van der Waals surface area (Å²) in [6, 6.07) is 22.6. The molecule has 4 aromatic carbocycles. The van der Waals surface area contributed by atoms with Crippen LogP contribution < -0.4 is 9.75 Å². The molecule has 0 N–H and O–H groups in total. The van der Waals surface area contributed by atoms with Gasteiger partial charge >= 0.3 is 0 Å². The summed E-state index contributed by atoms with van der Waals surface area (Å²) in [6.07, 6.45) is 0.187. The van der Waals surface area contributed by atoms with Gasteiger partial charge in [0.15, 0.2) is 11.9 Å². The molecule has 0 spiro atoms. The number of aryl methyl sites for hydroxylation is 3. The van der Waals surface area contributed by atoms with Crippen molar-refractivity contribution in [2.45, 2.75) is 60.6 Å². The van der Waals surface area contributed by atoms with Gasteiger partial charge in [-0.1, -0.05) is 113 Å². The van der Waals surface area contributed by atoms with E-state index >= 15 is 0 Å². The third-order valence-electron chi connectivity index (χ3n) is 8.25. The number of nitrogens with zero attached hydrogens (tertiary/aromatic N) is 2. The van der Waals surface area contributed by atoms with E-state index in [1.807, 2.05) is 68.6 Å². The van der Waals surface area contributed by atoms with E-state index in [-0.39, 0.29) is 17.2 Å². The van der Waals surface area contributed by atoms with Gasteiger partial charge in [0, 0.05) is 34.4 Å². The Bertz CT molecular complexity index is 2390.